The van der Waals surface area contributed by atoms with E-state index >= 15 is 0 Å². The maximum Gasteiger partial charge on any atom is 2.00 e. The van der Waals surface area contributed by atoms with Gasteiger partial charge in [-0.05, 0) is 12.8 Å². The van der Waals surface area contributed by atoms with Gasteiger partial charge in [-0.25, -0.2) is 0 Å². The minimum atomic E-state index is -0.327. The van der Waals surface area contributed by atoms with Gasteiger partial charge in [-0.3, -0.25) is 9.59 Å². The fraction of sp³-hybridized carbons (Fsp3) is 0.938. The molecule has 0 fully saturated rings. The van der Waals surface area contributed by atoms with E-state index in [9.17, 15) is 9.59 Å². The van der Waals surface area contributed by atoms with Crippen molar-refractivity contribution >= 4 is 49.7 Å². The van der Waals surface area contributed by atoms with E-state index in [-0.39, 0.29) is 52.5 Å². The summed E-state index contributed by atoms with van der Waals surface area (Å²) in [6.45, 7) is 4.53. The van der Waals surface area contributed by atoms with Crippen molar-refractivity contribution in [2.75, 3.05) is 0 Å². The average molecular weight is 537 g/mol. The maximum absolute atomic E-state index is 11.8. The second-order valence-corrected chi connectivity index (χ2v) is 10.8. The summed E-state index contributed by atoms with van der Waals surface area (Å²) in [4.78, 5) is 23.7. The van der Waals surface area contributed by atoms with E-state index in [1.54, 1.807) is 0 Å². The molecule has 0 radical (unpaired) electrons. The Balaban J connectivity index is -0.00000193. The number of unbranched alkanes of at least 4 members (excludes halogenated alkanes) is 24. The first-order chi connectivity index (χ1) is 17.2. The van der Waals surface area contributed by atoms with Gasteiger partial charge in [-0.15, -0.1) is 0 Å². The quantitative estimate of drug-likeness (QED) is 0.0432. The van der Waals surface area contributed by atoms with E-state index in [1.807, 2.05) is 0 Å². The third-order valence-electron chi connectivity index (χ3n) is 7.20. The van der Waals surface area contributed by atoms with Crippen LogP contribution in [0.1, 0.15) is 196 Å². The molecule has 0 saturated heterocycles. The molecule has 0 atom stereocenters. The Kier molecular flexibility index (Phi) is 35.8. The standard InChI is InChI=1S/C32H62O3.Ca.2H/c1-3-5-7-9-11-13-15-16-17-18-20-22-24-26-28-30-32(34)35-31(33)29-27-25-23-21-19-14-12-10-8-6-4-2;;;/h3-30H2,1-2H3;;;/q;+2;2*-1. The largest absolute Gasteiger partial charge is 2.00 e. The topological polar surface area (TPSA) is 43.4 Å². The van der Waals surface area contributed by atoms with Crippen LogP contribution < -0.4 is 0 Å². The second kappa shape index (κ2) is 33.4. The number of esters is 2. The van der Waals surface area contributed by atoms with Crippen LogP contribution in [0, 0.1) is 0 Å². The van der Waals surface area contributed by atoms with Gasteiger partial charge in [0.1, 0.15) is 0 Å². The Bertz CT molecular complexity index is 464. The number of carbonyl (C=O) groups excluding carboxylic acids is 2. The molecule has 36 heavy (non-hydrogen) atoms. The molecule has 3 nitrogen and oxygen atoms in total. The van der Waals surface area contributed by atoms with Crippen LogP contribution in [0.15, 0.2) is 0 Å². The van der Waals surface area contributed by atoms with Crippen molar-refractivity contribution < 1.29 is 17.2 Å². The van der Waals surface area contributed by atoms with Gasteiger partial charge < -0.3 is 7.59 Å². The smallest absolute Gasteiger partial charge is 1.00 e. The van der Waals surface area contributed by atoms with Crippen LogP contribution in [-0.2, 0) is 14.3 Å². The van der Waals surface area contributed by atoms with Crippen LogP contribution in [0.5, 0.6) is 0 Å². The molecule has 0 unspecified atom stereocenters. The predicted octanol–water partition coefficient (Wildman–Crippen LogP) is 10.9. The Morgan fingerprint density at radius 1 is 0.389 bits per heavy atom. The first-order valence-electron chi connectivity index (χ1n) is 15.9. The Morgan fingerprint density at radius 3 is 0.806 bits per heavy atom. The number of hydrogen-bond donors (Lipinski definition) is 0. The van der Waals surface area contributed by atoms with Gasteiger partial charge in [0.15, 0.2) is 0 Å². The summed E-state index contributed by atoms with van der Waals surface area (Å²) < 4.78 is 4.98. The van der Waals surface area contributed by atoms with Crippen molar-refractivity contribution in [3.63, 3.8) is 0 Å². The molecule has 0 spiro atoms. The molecule has 0 aliphatic rings. The average Bonchev–Trinajstić information content (AvgIpc) is 2.85. The summed E-state index contributed by atoms with van der Waals surface area (Å²) >= 11 is 0. The molecule has 0 rings (SSSR count). The van der Waals surface area contributed by atoms with E-state index < -0.39 is 0 Å². The van der Waals surface area contributed by atoms with Crippen LogP contribution in [-0.4, -0.2) is 49.7 Å². The van der Waals surface area contributed by atoms with Crippen molar-refractivity contribution in [1.82, 2.24) is 0 Å². The van der Waals surface area contributed by atoms with Crippen molar-refractivity contribution in [3.05, 3.63) is 0 Å². The zero-order chi connectivity index (χ0) is 25.7. The van der Waals surface area contributed by atoms with Crippen LogP contribution in [0.4, 0.5) is 0 Å². The Hall–Kier alpha value is 0.400. The normalized spacial score (nSPS) is 10.8. The van der Waals surface area contributed by atoms with Crippen molar-refractivity contribution in [1.29, 1.82) is 0 Å². The molecule has 0 heterocycles. The molecule has 0 aliphatic carbocycles. The Morgan fingerprint density at radius 2 is 0.583 bits per heavy atom. The van der Waals surface area contributed by atoms with Crippen LogP contribution >= 0.6 is 0 Å². The van der Waals surface area contributed by atoms with E-state index in [4.69, 9.17) is 4.74 Å². The number of hydrogen-bond acceptors (Lipinski definition) is 3. The fourth-order valence-corrected chi connectivity index (χ4v) is 4.80. The molecule has 0 amide bonds. The number of carbonyl (C=O) groups is 2. The van der Waals surface area contributed by atoms with E-state index in [0.717, 1.165) is 25.7 Å². The SMILES string of the molecule is CCCCCCCCCCCCCCCCCC(=O)OC(=O)CCCCCCCCCCCCC.[Ca+2].[H-].[H-]. The molecule has 0 aliphatic heterocycles. The van der Waals surface area contributed by atoms with E-state index in [2.05, 4.69) is 13.8 Å². The van der Waals surface area contributed by atoms with Crippen molar-refractivity contribution in [2.24, 2.45) is 0 Å². The Labute approximate surface area is 259 Å². The molecule has 0 N–H and O–H groups in total. The van der Waals surface area contributed by atoms with Crippen molar-refractivity contribution in [2.45, 2.75) is 194 Å². The minimum absolute atomic E-state index is 0. The minimum Gasteiger partial charge on any atom is -1.00 e. The summed E-state index contributed by atoms with van der Waals surface area (Å²) in [5, 5.41) is 0. The molecule has 0 aromatic heterocycles. The van der Waals surface area contributed by atoms with Crippen LogP contribution in [0.2, 0.25) is 0 Å². The molecular weight excluding hydrogens is 472 g/mol. The van der Waals surface area contributed by atoms with Gasteiger partial charge in [-0.2, -0.15) is 0 Å². The van der Waals surface area contributed by atoms with Crippen LogP contribution in [0.25, 0.3) is 0 Å². The number of ether oxygens (including phenoxy) is 1. The predicted molar refractivity (Wildman–Crippen MR) is 160 cm³/mol. The molecule has 0 bridgehead atoms. The molecule has 212 valence electrons. The molecule has 0 aromatic carbocycles. The zero-order valence-corrected chi connectivity index (χ0v) is 26.9. The van der Waals surface area contributed by atoms with Gasteiger partial charge in [0, 0.05) is 12.8 Å². The molecule has 4 heteroatoms. The van der Waals surface area contributed by atoms with E-state index in [1.165, 1.54) is 141 Å². The first kappa shape index (κ1) is 38.5. The van der Waals surface area contributed by atoms with E-state index in [0.29, 0.717) is 12.8 Å². The van der Waals surface area contributed by atoms with Gasteiger partial charge in [0.2, 0.25) is 0 Å². The summed E-state index contributed by atoms with van der Waals surface area (Å²) in [6.07, 6.45) is 34.3. The van der Waals surface area contributed by atoms with Gasteiger partial charge in [0.25, 0.3) is 0 Å². The maximum atomic E-state index is 11.8. The fourth-order valence-electron chi connectivity index (χ4n) is 4.80. The zero-order valence-electron chi connectivity index (χ0n) is 26.7. The number of rotatable bonds is 28. The monoisotopic (exact) mass is 536 g/mol. The molecule has 0 saturated carbocycles. The second-order valence-electron chi connectivity index (χ2n) is 10.8. The van der Waals surface area contributed by atoms with Gasteiger partial charge >= 0.3 is 49.7 Å². The van der Waals surface area contributed by atoms with Crippen molar-refractivity contribution in [3.8, 4) is 0 Å². The van der Waals surface area contributed by atoms with Gasteiger partial charge in [0.05, 0.1) is 0 Å². The summed E-state index contributed by atoms with van der Waals surface area (Å²) in [5.41, 5.74) is 0. The summed E-state index contributed by atoms with van der Waals surface area (Å²) in [7, 11) is 0. The summed E-state index contributed by atoms with van der Waals surface area (Å²) in [5.74, 6) is -0.653. The molecular formula is C32H64CaO3. The van der Waals surface area contributed by atoms with Crippen LogP contribution in [0.3, 0.4) is 0 Å². The third-order valence-corrected chi connectivity index (χ3v) is 7.20. The first-order valence-corrected chi connectivity index (χ1v) is 15.9. The summed E-state index contributed by atoms with van der Waals surface area (Å²) in [6, 6.07) is 0. The van der Waals surface area contributed by atoms with Gasteiger partial charge in [-0.1, -0.05) is 168 Å². The molecule has 0 aromatic rings. The third kappa shape index (κ3) is 32.4.